The molecule has 5 heteroatoms. The zero-order valence-electron chi connectivity index (χ0n) is 21.5. The second-order valence-electron chi connectivity index (χ2n) is 12.5. The zero-order chi connectivity index (χ0) is 25.2. The molecule has 2 unspecified atom stereocenters. The molecule has 5 nitrogen and oxygen atoms in total. The van der Waals surface area contributed by atoms with Crippen LogP contribution in [0, 0.1) is 46.3 Å². The normalized spacial score (nSPS) is 41.4. The fraction of sp³-hybridized carbons (Fsp3) is 0.759. The summed E-state index contributed by atoms with van der Waals surface area (Å²) in [5.74, 6) is -0.252. The lowest BCUT2D eigenvalue weighted by atomic mass is 9.48. The monoisotopic (exact) mass is 470 g/mol. The molecule has 4 rings (SSSR count). The van der Waals surface area contributed by atoms with Crippen LogP contribution in [-0.4, -0.2) is 33.9 Å². The number of Topliss-reactive ketones (excluding diaryl/α,β-unsaturated/α-hetero) is 2. The molecule has 2 saturated carbocycles. The molecule has 0 aromatic heterocycles. The van der Waals surface area contributed by atoms with Crippen molar-refractivity contribution >= 4 is 17.5 Å². The van der Waals surface area contributed by atoms with Crippen LogP contribution in [0.15, 0.2) is 23.3 Å². The van der Waals surface area contributed by atoms with E-state index in [1.807, 2.05) is 6.92 Å². The van der Waals surface area contributed by atoms with E-state index in [9.17, 15) is 24.6 Å². The van der Waals surface area contributed by atoms with E-state index < -0.39 is 18.0 Å². The molecule has 9 atom stereocenters. The van der Waals surface area contributed by atoms with Crippen LogP contribution >= 0.6 is 0 Å². The first kappa shape index (κ1) is 25.3. The van der Waals surface area contributed by atoms with Crippen LogP contribution in [0.5, 0.6) is 0 Å². The van der Waals surface area contributed by atoms with E-state index >= 15 is 0 Å². The number of carbonyl (C=O) groups excluding carboxylic acids is 2. The van der Waals surface area contributed by atoms with Crippen LogP contribution in [0.3, 0.4) is 0 Å². The van der Waals surface area contributed by atoms with Gasteiger partial charge in [-0.25, -0.2) is 0 Å². The van der Waals surface area contributed by atoms with Crippen molar-refractivity contribution in [2.75, 3.05) is 0 Å². The number of carboxylic acids is 1. The second-order valence-corrected chi connectivity index (χ2v) is 12.5. The maximum Gasteiger partial charge on any atom is 0.310 e. The van der Waals surface area contributed by atoms with Gasteiger partial charge >= 0.3 is 5.97 Å². The summed E-state index contributed by atoms with van der Waals surface area (Å²) in [6, 6.07) is 0. The maximum atomic E-state index is 13.8. The van der Waals surface area contributed by atoms with Crippen molar-refractivity contribution in [1.29, 1.82) is 0 Å². The van der Waals surface area contributed by atoms with Crippen molar-refractivity contribution in [3.8, 4) is 0 Å². The van der Waals surface area contributed by atoms with Gasteiger partial charge in [-0.1, -0.05) is 39.8 Å². The molecule has 2 N–H and O–H groups in total. The minimum absolute atomic E-state index is 0.0236. The van der Waals surface area contributed by atoms with Crippen LogP contribution in [0.2, 0.25) is 0 Å². The minimum Gasteiger partial charge on any atom is -0.481 e. The van der Waals surface area contributed by atoms with Gasteiger partial charge in [-0.05, 0) is 80.5 Å². The number of fused-ring (bicyclic) bond motifs is 4. The lowest BCUT2D eigenvalue weighted by Crippen LogP contribution is -2.53. The predicted octanol–water partition coefficient (Wildman–Crippen LogP) is 5.37. The van der Waals surface area contributed by atoms with Crippen molar-refractivity contribution in [2.45, 2.75) is 92.1 Å². The SMILES string of the molecule is C=C(CC[C@@H](C)[C@H]1CC[C@H]2C3=C(C(=O)C[C@]12C)[C@@]1(C)CC[C@@H](O)[C@@H](C)C1CC3=O)C(C)C(=O)O. The maximum absolute atomic E-state index is 13.8. The number of allylic oxidation sites excluding steroid dienone is 2. The topological polar surface area (TPSA) is 91.7 Å². The van der Waals surface area contributed by atoms with Crippen molar-refractivity contribution in [3.63, 3.8) is 0 Å². The number of rotatable bonds is 6. The van der Waals surface area contributed by atoms with Crippen LogP contribution in [0.4, 0.5) is 0 Å². The highest BCUT2D eigenvalue weighted by Gasteiger charge is 2.61. The molecule has 0 radical (unpaired) electrons. The average molecular weight is 471 g/mol. The van der Waals surface area contributed by atoms with Crippen molar-refractivity contribution in [2.24, 2.45) is 46.3 Å². The molecule has 0 aliphatic heterocycles. The third-order valence-corrected chi connectivity index (χ3v) is 10.7. The fourth-order valence-electron chi connectivity index (χ4n) is 8.43. The summed E-state index contributed by atoms with van der Waals surface area (Å²) >= 11 is 0. The predicted molar refractivity (Wildman–Crippen MR) is 131 cm³/mol. The van der Waals surface area contributed by atoms with Crippen molar-refractivity contribution in [3.05, 3.63) is 23.3 Å². The molecule has 0 amide bonds. The Morgan fingerprint density at radius 2 is 1.82 bits per heavy atom. The fourth-order valence-corrected chi connectivity index (χ4v) is 8.43. The third kappa shape index (κ3) is 3.73. The van der Waals surface area contributed by atoms with E-state index in [1.54, 1.807) is 6.92 Å². The van der Waals surface area contributed by atoms with E-state index in [0.29, 0.717) is 37.5 Å². The Labute approximate surface area is 204 Å². The summed E-state index contributed by atoms with van der Waals surface area (Å²) in [5.41, 5.74) is 1.85. The number of aliphatic hydroxyl groups is 1. The lowest BCUT2D eigenvalue weighted by molar-refractivity contribution is -0.140. The van der Waals surface area contributed by atoms with Gasteiger partial charge in [-0.3, -0.25) is 14.4 Å². The van der Waals surface area contributed by atoms with Gasteiger partial charge in [0, 0.05) is 29.4 Å². The van der Waals surface area contributed by atoms with Gasteiger partial charge in [-0.15, -0.1) is 0 Å². The summed E-state index contributed by atoms with van der Waals surface area (Å²) in [6.07, 6.45) is 5.46. The van der Waals surface area contributed by atoms with Crippen molar-refractivity contribution < 1.29 is 24.6 Å². The molecule has 34 heavy (non-hydrogen) atoms. The molecule has 0 bridgehead atoms. The van der Waals surface area contributed by atoms with Gasteiger partial charge in [-0.2, -0.15) is 0 Å². The molecule has 0 spiro atoms. The van der Waals surface area contributed by atoms with Crippen molar-refractivity contribution in [1.82, 2.24) is 0 Å². The second kappa shape index (κ2) is 8.72. The average Bonchev–Trinajstić information content (AvgIpc) is 3.11. The Hall–Kier alpha value is -1.75. The van der Waals surface area contributed by atoms with Crippen LogP contribution in [0.1, 0.15) is 86.0 Å². The van der Waals surface area contributed by atoms with Gasteiger partial charge in [0.15, 0.2) is 11.6 Å². The van der Waals surface area contributed by atoms with Gasteiger partial charge in [0.2, 0.25) is 0 Å². The number of carbonyl (C=O) groups is 3. The standard InChI is InChI=1S/C29H42O5/c1-15(17(3)27(33)34)7-8-16(2)19-9-10-20-25-23(31)13-21-18(4)22(30)11-12-28(21,5)26(25)24(32)14-29(19,20)6/h16-22,30H,1,7-14H2,2-6H3,(H,33,34)/t16-,17?,18+,19-,20+,21?,22-,28+,29-/m1/s1. The molecule has 4 aliphatic carbocycles. The summed E-state index contributed by atoms with van der Waals surface area (Å²) in [7, 11) is 0. The van der Waals surface area contributed by atoms with Gasteiger partial charge < -0.3 is 10.2 Å². The number of ketones is 2. The highest BCUT2D eigenvalue weighted by atomic mass is 16.4. The molecule has 0 heterocycles. The molecule has 188 valence electrons. The minimum atomic E-state index is -0.838. The molecular formula is C29H42O5. The van der Waals surface area contributed by atoms with E-state index in [0.717, 1.165) is 42.4 Å². The molecule has 0 saturated heterocycles. The number of aliphatic carboxylic acids is 1. The smallest absolute Gasteiger partial charge is 0.310 e. The summed E-state index contributed by atoms with van der Waals surface area (Å²) in [4.78, 5) is 38.7. The van der Waals surface area contributed by atoms with E-state index in [4.69, 9.17) is 0 Å². The Balaban J connectivity index is 1.61. The van der Waals surface area contributed by atoms with Crippen LogP contribution in [0.25, 0.3) is 0 Å². The van der Waals surface area contributed by atoms with E-state index in [-0.39, 0.29) is 40.2 Å². The van der Waals surface area contributed by atoms with E-state index in [1.165, 1.54) is 0 Å². The lowest BCUT2D eigenvalue weighted by Gasteiger charge is -2.55. The number of hydrogen-bond donors (Lipinski definition) is 2. The quantitative estimate of drug-likeness (QED) is 0.509. The zero-order valence-corrected chi connectivity index (χ0v) is 21.5. The Morgan fingerprint density at radius 3 is 2.47 bits per heavy atom. The molecule has 0 aromatic carbocycles. The Kier molecular flexibility index (Phi) is 6.50. The largest absolute Gasteiger partial charge is 0.481 e. The van der Waals surface area contributed by atoms with Crippen LogP contribution < -0.4 is 0 Å². The molecule has 4 aliphatic rings. The first-order valence-corrected chi connectivity index (χ1v) is 13.2. The number of carboxylic acid groups (broad SMARTS) is 1. The van der Waals surface area contributed by atoms with Crippen LogP contribution in [-0.2, 0) is 14.4 Å². The first-order chi connectivity index (χ1) is 15.8. The van der Waals surface area contributed by atoms with Gasteiger partial charge in [0.25, 0.3) is 0 Å². The Morgan fingerprint density at radius 1 is 1.15 bits per heavy atom. The highest BCUT2D eigenvalue weighted by Crippen LogP contribution is 2.65. The molecule has 0 aromatic rings. The summed E-state index contributed by atoms with van der Waals surface area (Å²) < 4.78 is 0. The summed E-state index contributed by atoms with van der Waals surface area (Å²) in [6.45, 7) is 14.3. The van der Waals surface area contributed by atoms with Gasteiger partial charge in [0.1, 0.15) is 0 Å². The third-order valence-electron chi connectivity index (χ3n) is 10.7. The Bertz CT molecular complexity index is 946. The highest BCUT2D eigenvalue weighted by molar-refractivity contribution is 6.10. The number of hydrogen-bond acceptors (Lipinski definition) is 4. The van der Waals surface area contributed by atoms with Gasteiger partial charge in [0.05, 0.1) is 12.0 Å². The first-order valence-electron chi connectivity index (χ1n) is 13.2. The molecule has 2 fully saturated rings. The van der Waals surface area contributed by atoms with E-state index in [2.05, 4.69) is 27.4 Å². The molecular weight excluding hydrogens is 428 g/mol. The number of aliphatic hydroxyl groups excluding tert-OH is 1. The summed E-state index contributed by atoms with van der Waals surface area (Å²) in [5, 5.41) is 19.7.